The molecule has 1 fully saturated rings. The highest BCUT2D eigenvalue weighted by Gasteiger charge is 2.31. The molecule has 1 atom stereocenters. The summed E-state index contributed by atoms with van der Waals surface area (Å²) >= 11 is 0. The summed E-state index contributed by atoms with van der Waals surface area (Å²) in [7, 11) is 0. The van der Waals surface area contributed by atoms with Gasteiger partial charge in [0.1, 0.15) is 31.3 Å². The highest BCUT2D eigenvalue weighted by Crippen LogP contribution is 2.38. The van der Waals surface area contributed by atoms with Crippen LogP contribution in [0.3, 0.4) is 0 Å². The summed E-state index contributed by atoms with van der Waals surface area (Å²) in [6.07, 6.45) is 1.91. The Morgan fingerprint density at radius 2 is 1.88 bits per heavy atom. The van der Waals surface area contributed by atoms with Gasteiger partial charge in [-0.15, -0.1) is 0 Å². The van der Waals surface area contributed by atoms with Gasteiger partial charge in [0.15, 0.2) is 11.5 Å². The van der Waals surface area contributed by atoms with E-state index in [1.165, 1.54) is 0 Å². The number of carbonyl (C=O) groups is 1. The molecule has 0 saturated carbocycles. The second-order valence-electron chi connectivity index (χ2n) is 8.18. The lowest BCUT2D eigenvalue weighted by atomic mass is 10.0. The molecule has 0 spiro atoms. The van der Waals surface area contributed by atoms with Crippen LogP contribution in [0.4, 0.5) is 0 Å². The van der Waals surface area contributed by atoms with Gasteiger partial charge in [0.05, 0.1) is 17.3 Å². The van der Waals surface area contributed by atoms with Gasteiger partial charge in [-0.25, -0.2) is 0 Å². The highest BCUT2D eigenvalue weighted by atomic mass is 16.6. The van der Waals surface area contributed by atoms with E-state index in [0.717, 1.165) is 53.5 Å². The number of aromatic nitrogens is 1. The van der Waals surface area contributed by atoms with Crippen LogP contribution in [0, 0.1) is 13.8 Å². The lowest BCUT2D eigenvalue weighted by molar-refractivity contribution is 0.0735. The van der Waals surface area contributed by atoms with Crippen LogP contribution in [0.1, 0.15) is 51.8 Å². The number of amides is 1. The Hall–Kier alpha value is -3.48. The number of benzene rings is 2. The van der Waals surface area contributed by atoms with Crippen molar-refractivity contribution in [3.63, 3.8) is 0 Å². The van der Waals surface area contributed by atoms with E-state index in [1.807, 2.05) is 61.2 Å². The number of nitrogens with zero attached hydrogens (tertiary/aromatic N) is 2. The van der Waals surface area contributed by atoms with Crippen molar-refractivity contribution in [3.05, 3.63) is 70.6 Å². The van der Waals surface area contributed by atoms with E-state index in [-0.39, 0.29) is 11.9 Å². The van der Waals surface area contributed by atoms with Crippen molar-refractivity contribution >= 4 is 5.91 Å². The van der Waals surface area contributed by atoms with Gasteiger partial charge in [-0.05, 0) is 68.7 Å². The predicted molar refractivity (Wildman–Crippen MR) is 117 cm³/mol. The second kappa shape index (κ2) is 8.57. The van der Waals surface area contributed by atoms with Crippen molar-refractivity contribution < 1.29 is 23.5 Å². The summed E-state index contributed by atoms with van der Waals surface area (Å²) in [5, 5.41) is 3.95. The number of rotatable bonds is 5. The summed E-state index contributed by atoms with van der Waals surface area (Å²) in [5.74, 6) is 3.01. The minimum Gasteiger partial charge on any atom is -0.489 e. The van der Waals surface area contributed by atoms with E-state index < -0.39 is 0 Å². The molecule has 1 unspecified atom stereocenters. The van der Waals surface area contributed by atoms with Crippen molar-refractivity contribution in [2.45, 2.75) is 39.3 Å². The topological polar surface area (TPSA) is 74.0 Å². The molecule has 2 aromatic carbocycles. The maximum atomic E-state index is 13.3. The van der Waals surface area contributed by atoms with Crippen LogP contribution in [0.2, 0.25) is 0 Å². The third kappa shape index (κ3) is 3.90. The van der Waals surface area contributed by atoms with Crippen LogP contribution in [0.15, 0.2) is 47.0 Å². The molecule has 3 aromatic rings. The van der Waals surface area contributed by atoms with Crippen LogP contribution in [-0.4, -0.2) is 35.7 Å². The van der Waals surface area contributed by atoms with E-state index in [9.17, 15) is 4.79 Å². The molecular weight excluding hydrogens is 408 g/mol. The first-order valence-corrected chi connectivity index (χ1v) is 11.0. The monoisotopic (exact) mass is 434 g/mol. The Bertz CT molecular complexity index is 1100. The zero-order chi connectivity index (χ0) is 22.1. The standard InChI is InChI=1S/C25H26N2O5/c1-16-21(17(2)32-26-16)15-31-20-8-5-18(6-9-20)25(28)27-11-3-4-22(27)19-7-10-23-24(14-19)30-13-12-29-23/h5-10,14,22H,3-4,11-13,15H2,1-2H3. The Morgan fingerprint density at radius 1 is 1.09 bits per heavy atom. The first-order chi connectivity index (χ1) is 15.6. The number of fused-ring (bicyclic) bond motifs is 1. The average molecular weight is 434 g/mol. The third-order valence-corrected chi connectivity index (χ3v) is 6.13. The molecule has 0 radical (unpaired) electrons. The summed E-state index contributed by atoms with van der Waals surface area (Å²) < 4.78 is 22.4. The van der Waals surface area contributed by atoms with Gasteiger partial charge in [0.25, 0.3) is 5.91 Å². The predicted octanol–water partition coefficient (Wildman–Crippen LogP) is 4.62. The largest absolute Gasteiger partial charge is 0.489 e. The molecule has 2 aliphatic rings. The molecule has 1 saturated heterocycles. The van der Waals surface area contributed by atoms with Gasteiger partial charge >= 0.3 is 0 Å². The summed E-state index contributed by atoms with van der Waals surface area (Å²) in [5.41, 5.74) is 3.51. The molecule has 3 heterocycles. The molecule has 32 heavy (non-hydrogen) atoms. The number of likely N-dealkylation sites (tertiary alicyclic amines) is 1. The van der Waals surface area contributed by atoms with E-state index in [1.54, 1.807) is 0 Å². The lowest BCUT2D eigenvalue weighted by Crippen LogP contribution is -2.30. The first-order valence-electron chi connectivity index (χ1n) is 11.0. The molecule has 1 amide bonds. The van der Waals surface area contributed by atoms with Gasteiger partial charge in [-0.3, -0.25) is 4.79 Å². The van der Waals surface area contributed by atoms with Crippen molar-refractivity contribution in [2.75, 3.05) is 19.8 Å². The number of aryl methyl sites for hydroxylation is 2. The first kappa shape index (κ1) is 20.4. The van der Waals surface area contributed by atoms with Crippen molar-refractivity contribution in [1.82, 2.24) is 10.1 Å². The maximum absolute atomic E-state index is 13.3. The smallest absolute Gasteiger partial charge is 0.254 e. The minimum atomic E-state index is 0.0275. The van der Waals surface area contributed by atoms with Gasteiger partial charge in [-0.2, -0.15) is 0 Å². The van der Waals surface area contributed by atoms with Gasteiger partial charge in [0, 0.05) is 12.1 Å². The zero-order valence-electron chi connectivity index (χ0n) is 18.3. The fourth-order valence-corrected chi connectivity index (χ4v) is 4.35. The number of hydrogen-bond donors (Lipinski definition) is 0. The molecule has 166 valence electrons. The van der Waals surface area contributed by atoms with Crippen LogP contribution < -0.4 is 14.2 Å². The highest BCUT2D eigenvalue weighted by molar-refractivity contribution is 5.94. The third-order valence-electron chi connectivity index (χ3n) is 6.13. The van der Waals surface area contributed by atoms with E-state index in [2.05, 4.69) is 5.16 Å². The van der Waals surface area contributed by atoms with Gasteiger partial charge in [-0.1, -0.05) is 11.2 Å². The maximum Gasteiger partial charge on any atom is 0.254 e. The van der Waals surface area contributed by atoms with Crippen molar-refractivity contribution in [2.24, 2.45) is 0 Å². The Kier molecular flexibility index (Phi) is 5.47. The van der Waals surface area contributed by atoms with E-state index >= 15 is 0 Å². The molecule has 2 aliphatic heterocycles. The number of ether oxygens (including phenoxy) is 3. The quantitative estimate of drug-likeness (QED) is 0.583. The number of hydrogen-bond acceptors (Lipinski definition) is 6. The van der Waals surface area contributed by atoms with Gasteiger partial charge in [0.2, 0.25) is 0 Å². The SMILES string of the molecule is Cc1noc(C)c1COc1ccc(C(=O)N2CCCC2c2ccc3c(c2)OCCO3)cc1. The Balaban J connectivity index is 1.28. The number of carbonyl (C=O) groups excluding carboxylic acids is 1. The van der Waals surface area contributed by atoms with Crippen LogP contribution >= 0.6 is 0 Å². The molecule has 1 aromatic heterocycles. The van der Waals surface area contributed by atoms with Crippen molar-refractivity contribution in [3.8, 4) is 17.2 Å². The van der Waals surface area contributed by atoms with Crippen LogP contribution in [0.25, 0.3) is 0 Å². The Morgan fingerprint density at radius 3 is 2.62 bits per heavy atom. The minimum absolute atomic E-state index is 0.0275. The summed E-state index contributed by atoms with van der Waals surface area (Å²) in [6, 6.07) is 13.3. The molecule has 7 nitrogen and oxygen atoms in total. The second-order valence-corrected chi connectivity index (χ2v) is 8.18. The van der Waals surface area contributed by atoms with Crippen LogP contribution in [0.5, 0.6) is 17.2 Å². The fraction of sp³-hybridized carbons (Fsp3) is 0.360. The molecule has 7 heteroatoms. The zero-order valence-corrected chi connectivity index (χ0v) is 18.3. The van der Waals surface area contributed by atoms with E-state index in [0.29, 0.717) is 31.1 Å². The van der Waals surface area contributed by atoms with E-state index in [4.69, 9.17) is 18.7 Å². The molecule has 5 rings (SSSR count). The normalized spacial score (nSPS) is 17.4. The molecule has 0 bridgehead atoms. The average Bonchev–Trinajstić information content (AvgIpc) is 3.44. The fourth-order valence-electron chi connectivity index (χ4n) is 4.35. The molecule has 0 N–H and O–H groups in total. The molecular formula is C25H26N2O5. The van der Waals surface area contributed by atoms with Crippen LogP contribution in [-0.2, 0) is 6.61 Å². The van der Waals surface area contributed by atoms with Crippen molar-refractivity contribution in [1.29, 1.82) is 0 Å². The summed E-state index contributed by atoms with van der Waals surface area (Å²) in [4.78, 5) is 15.2. The molecule has 0 aliphatic carbocycles. The van der Waals surface area contributed by atoms with Gasteiger partial charge < -0.3 is 23.6 Å². The summed E-state index contributed by atoms with van der Waals surface area (Å²) in [6.45, 7) is 6.00. The lowest BCUT2D eigenvalue weighted by Gasteiger charge is -2.27. The Labute approximate surface area is 186 Å².